The van der Waals surface area contributed by atoms with Crippen LogP contribution in [0.5, 0.6) is 5.75 Å². The molecule has 2 saturated carbocycles. The molecule has 0 bridgehead atoms. The molecule has 5 atom stereocenters. The molecular weight excluding hydrogens is 438 g/mol. The Hall–Kier alpha value is -2.38. The molecular formula is C26H29NO5S. The van der Waals surface area contributed by atoms with Gasteiger partial charge < -0.3 is 9.84 Å². The number of ether oxygens (including phenoxy) is 1. The van der Waals surface area contributed by atoms with E-state index in [0.29, 0.717) is 23.5 Å². The van der Waals surface area contributed by atoms with Crippen LogP contribution in [0.2, 0.25) is 0 Å². The zero-order valence-electron chi connectivity index (χ0n) is 18.7. The zero-order chi connectivity index (χ0) is 23.0. The highest BCUT2D eigenvalue weighted by molar-refractivity contribution is 7.90. The smallest absolute Gasteiger partial charge is 0.271 e. The Labute approximate surface area is 194 Å². The summed E-state index contributed by atoms with van der Waals surface area (Å²) in [6.07, 6.45) is 6.11. The molecule has 3 aliphatic carbocycles. The van der Waals surface area contributed by atoms with Gasteiger partial charge in [-0.2, -0.15) is 4.31 Å². The number of carbonyl (C=O) groups is 1. The first-order valence-corrected chi connectivity index (χ1v) is 13.3. The van der Waals surface area contributed by atoms with E-state index in [1.54, 1.807) is 12.1 Å². The summed E-state index contributed by atoms with van der Waals surface area (Å²) in [4.78, 5) is 12.7. The molecule has 7 heteroatoms. The third-order valence-corrected chi connectivity index (χ3v) is 10.7. The van der Waals surface area contributed by atoms with E-state index in [9.17, 15) is 18.3 Å². The van der Waals surface area contributed by atoms with Crippen LogP contribution in [0.15, 0.2) is 47.4 Å². The average molecular weight is 468 g/mol. The molecule has 2 aromatic carbocycles. The summed E-state index contributed by atoms with van der Waals surface area (Å²) >= 11 is 0. The van der Waals surface area contributed by atoms with E-state index in [-0.39, 0.29) is 28.7 Å². The Morgan fingerprint density at radius 2 is 1.94 bits per heavy atom. The molecule has 0 spiro atoms. The Balaban J connectivity index is 1.20. The van der Waals surface area contributed by atoms with Crippen LogP contribution in [0, 0.1) is 17.3 Å². The van der Waals surface area contributed by atoms with Gasteiger partial charge in [0, 0.05) is 0 Å². The van der Waals surface area contributed by atoms with Crippen LogP contribution >= 0.6 is 0 Å². The second kappa shape index (κ2) is 7.31. The largest absolute Gasteiger partial charge is 0.472 e. The number of aliphatic hydroxyl groups is 1. The van der Waals surface area contributed by atoms with Gasteiger partial charge in [0.2, 0.25) is 0 Å². The van der Waals surface area contributed by atoms with Crippen molar-refractivity contribution in [2.24, 2.45) is 17.3 Å². The van der Waals surface area contributed by atoms with Crippen LogP contribution in [0.3, 0.4) is 0 Å². The molecule has 174 valence electrons. The summed E-state index contributed by atoms with van der Waals surface area (Å²) in [6.45, 7) is 1.95. The van der Waals surface area contributed by atoms with Crippen LogP contribution in [0.25, 0.3) is 0 Å². The van der Waals surface area contributed by atoms with Crippen LogP contribution in [0.4, 0.5) is 0 Å². The Kier molecular flexibility index (Phi) is 4.69. The van der Waals surface area contributed by atoms with Crippen molar-refractivity contribution in [1.82, 2.24) is 4.31 Å². The van der Waals surface area contributed by atoms with Gasteiger partial charge in [-0.1, -0.05) is 25.1 Å². The van der Waals surface area contributed by atoms with Gasteiger partial charge in [0.1, 0.15) is 10.6 Å². The highest BCUT2D eigenvalue weighted by Gasteiger charge is 2.54. The molecule has 6 nitrogen and oxygen atoms in total. The van der Waals surface area contributed by atoms with Crippen molar-refractivity contribution in [3.05, 3.63) is 59.2 Å². The summed E-state index contributed by atoms with van der Waals surface area (Å²) in [5.41, 5.74) is 2.89. The standard InChI is InChI=1S/C26H29NO5S/c1-26-13-12-19-18-9-7-17(14-16(18)6-8-20(19)22(26)10-11-24(26)28)32-15-27-25(29)21-4-2-3-5-23(21)33(27,30)31/h2-5,7,9,14,19-20,22,24,28H,6,8,10-13,15H2,1H3/t19-,20-,22+,24+,26+/m1/s1. The first-order chi connectivity index (χ1) is 15.8. The molecule has 2 fully saturated rings. The van der Waals surface area contributed by atoms with Crippen molar-refractivity contribution in [3.63, 3.8) is 0 Å². The van der Waals surface area contributed by atoms with Crippen molar-refractivity contribution in [2.75, 3.05) is 6.73 Å². The molecule has 1 heterocycles. The molecule has 4 aliphatic rings. The summed E-state index contributed by atoms with van der Waals surface area (Å²) < 4.78 is 32.1. The van der Waals surface area contributed by atoms with Gasteiger partial charge in [0.05, 0.1) is 11.7 Å². The third kappa shape index (κ3) is 3.01. The topological polar surface area (TPSA) is 83.9 Å². The van der Waals surface area contributed by atoms with E-state index in [2.05, 4.69) is 13.0 Å². The van der Waals surface area contributed by atoms with Crippen LogP contribution in [-0.4, -0.2) is 36.6 Å². The van der Waals surface area contributed by atoms with E-state index in [4.69, 9.17) is 4.74 Å². The van der Waals surface area contributed by atoms with Gasteiger partial charge in [-0.3, -0.25) is 4.79 Å². The molecule has 2 aromatic rings. The van der Waals surface area contributed by atoms with Gasteiger partial charge in [-0.25, -0.2) is 8.42 Å². The van der Waals surface area contributed by atoms with Gasteiger partial charge in [0.15, 0.2) is 6.73 Å². The minimum Gasteiger partial charge on any atom is -0.472 e. The fourth-order valence-corrected chi connectivity index (χ4v) is 8.54. The first kappa shape index (κ1) is 21.2. The highest BCUT2D eigenvalue weighted by atomic mass is 32.2. The summed E-state index contributed by atoms with van der Waals surface area (Å²) in [5.74, 6) is 1.76. The quantitative estimate of drug-likeness (QED) is 0.735. The summed E-state index contributed by atoms with van der Waals surface area (Å²) in [6, 6.07) is 12.3. The number of benzene rings is 2. The second-order valence-corrected chi connectivity index (χ2v) is 12.2. The van der Waals surface area contributed by atoms with Gasteiger partial charge in [-0.15, -0.1) is 0 Å². The van der Waals surface area contributed by atoms with E-state index < -0.39 is 15.9 Å². The zero-order valence-corrected chi connectivity index (χ0v) is 19.6. The molecule has 33 heavy (non-hydrogen) atoms. The SMILES string of the molecule is C[C@]12CC[C@@H]3c4ccc(OCN5C(=O)c6ccccc6S5(=O)=O)cc4CC[C@H]3[C@@H]1CC[C@@H]2O. The van der Waals surface area contributed by atoms with Crippen LogP contribution < -0.4 is 4.74 Å². The molecule has 0 saturated heterocycles. The molecule has 1 amide bonds. The maximum atomic E-state index is 12.8. The van der Waals surface area contributed by atoms with Gasteiger partial charge in [0.25, 0.3) is 15.9 Å². The van der Waals surface area contributed by atoms with E-state index in [0.717, 1.165) is 42.8 Å². The van der Waals surface area contributed by atoms with E-state index in [1.807, 2.05) is 12.1 Å². The number of hydrogen-bond donors (Lipinski definition) is 1. The first-order valence-electron chi connectivity index (χ1n) is 11.9. The van der Waals surface area contributed by atoms with Crippen molar-refractivity contribution in [2.45, 2.75) is 62.4 Å². The fraction of sp³-hybridized carbons (Fsp3) is 0.500. The van der Waals surface area contributed by atoms with E-state index in [1.165, 1.54) is 23.3 Å². The maximum absolute atomic E-state index is 12.8. The Morgan fingerprint density at radius 3 is 2.76 bits per heavy atom. The lowest BCUT2D eigenvalue weighted by atomic mass is 9.55. The van der Waals surface area contributed by atoms with Crippen molar-refractivity contribution < 1.29 is 23.1 Å². The third-order valence-electron chi connectivity index (χ3n) is 8.91. The molecule has 0 radical (unpaired) electrons. The summed E-state index contributed by atoms with van der Waals surface area (Å²) in [5, 5.41) is 10.6. The van der Waals surface area contributed by atoms with Crippen LogP contribution in [-0.2, 0) is 16.4 Å². The number of sulfonamides is 1. The molecule has 0 aromatic heterocycles. The van der Waals surface area contributed by atoms with E-state index >= 15 is 0 Å². The lowest BCUT2D eigenvalue weighted by molar-refractivity contribution is -0.0226. The number of rotatable bonds is 3. The number of hydrogen-bond acceptors (Lipinski definition) is 5. The second-order valence-electron chi connectivity index (χ2n) is 10.3. The predicted molar refractivity (Wildman–Crippen MR) is 122 cm³/mol. The Bertz CT molecular complexity index is 1240. The maximum Gasteiger partial charge on any atom is 0.271 e. The van der Waals surface area contributed by atoms with Crippen molar-refractivity contribution >= 4 is 15.9 Å². The minimum atomic E-state index is -3.88. The number of aliphatic hydroxyl groups excluding tert-OH is 1. The molecule has 0 unspecified atom stereocenters. The molecule has 6 rings (SSSR count). The number of carbonyl (C=O) groups excluding carboxylic acids is 1. The molecule has 1 aliphatic heterocycles. The highest BCUT2D eigenvalue weighted by Crippen LogP contribution is 2.60. The monoisotopic (exact) mass is 467 g/mol. The lowest BCUT2D eigenvalue weighted by Gasteiger charge is -2.50. The molecule has 1 N–H and O–H groups in total. The average Bonchev–Trinajstić information content (AvgIpc) is 3.22. The van der Waals surface area contributed by atoms with Crippen molar-refractivity contribution in [3.8, 4) is 5.75 Å². The van der Waals surface area contributed by atoms with Crippen molar-refractivity contribution in [1.29, 1.82) is 0 Å². The lowest BCUT2D eigenvalue weighted by Crippen LogP contribution is -2.43. The summed E-state index contributed by atoms with van der Waals surface area (Å²) in [7, 11) is -3.88. The number of fused-ring (bicyclic) bond motifs is 6. The predicted octanol–water partition coefficient (Wildman–Crippen LogP) is 4.08. The number of amides is 1. The normalized spacial score (nSPS) is 33.8. The fourth-order valence-electron chi connectivity index (χ4n) is 7.11. The number of aryl methyl sites for hydroxylation is 1. The van der Waals surface area contributed by atoms with Gasteiger partial charge >= 0.3 is 0 Å². The number of nitrogens with zero attached hydrogens (tertiary/aromatic N) is 1. The Morgan fingerprint density at radius 1 is 1.12 bits per heavy atom. The van der Waals surface area contributed by atoms with Crippen LogP contribution in [0.1, 0.15) is 66.4 Å². The van der Waals surface area contributed by atoms with Gasteiger partial charge in [-0.05, 0) is 97.1 Å². The minimum absolute atomic E-state index is 0.0383.